The molecule has 6 heteroatoms. The Morgan fingerprint density at radius 2 is 2.05 bits per heavy atom. The summed E-state index contributed by atoms with van der Waals surface area (Å²) in [7, 11) is -3.57. The van der Waals surface area contributed by atoms with E-state index in [4.69, 9.17) is 0 Å². The summed E-state index contributed by atoms with van der Waals surface area (Å²) in [6.07, 6.45) is 2.64. The van der Waals surface area contributed by atoms with Gasteiger partial charge in [-0.2, -0.15) is 0 Å². The Morgan fingerprint density at radius 3 is 2.65 bits per heavy atom. The first kappa shape index (κ1) is 15.4. The molecule has 0 unspecified atom stereocenters. The highest BCUT2D eigenvalue weighted by molar-refractivity contribution is 7.89. The normalized spacial score (nSPS) is 17.1. The number of benzene rings is 1. The van der Waals surface area contributed by atoms with Gasteiger partial charge in [0.15, 0.2) is 0 Å². The zero-order valence-corrected chi connectivity index (χ0v) is 12.7. The van der Waals surface area contributed by atoms with Crippen molar-refractivity contribution in [2.24, 2.45) is 0 Å². The number of nitrogens with one attached hydrogen (secondary N) is 2. The van der Waals surface area contributed by atoms with Crippen LogP contribution in [0.5, 0.6) is 0 Å². The molecule has 0 bridgehead atoms. The molecule has 2 N–H and O–H groups in total. The topological polar surface area (TPSA) is 58.2 Å². The van der Waals surface area contributed by atoms with Crippen molar-refractivity contribution < 1.29 is 12.8 Å². The van der Waals surface area contributed by atoms with Gasteiger partial charge in [-0.3, -0.25) is 0 Å². The van der Waals surface area contributed by atoms with E-state index < -0.39 is 10.0 Å². The molecule has 0 saturated heterocycles. The minimum Gasteiger partial charge on any atom is -0.313 e. The largest absolute Gasteiger partial charge is 0.313 e. The molecule has 0 spiro atoms. The van der Waals surface area contributed by atoms with E-state index >= 15 is 0 Å². The Bertz CT molecular complexity index is 583. The molecule has 2 rings (SSSR count). The first-order chi connectivity index (χ1) is 9.36. The molecular formula is C14H21FN2O2S. The molecule has 1 aliphatic rings. The van der Waals surface area contributed by atoms with Gasteiger partial charge in [0, 0.05) is 17.6 Å². The first-order valence-electron chi connectivity index (χ1n) is 6.89. The summed E-state index contributed by atoms with van der Waals surface area (Å²) in [5, 5.41) is 3.08. The molecule has 1 aromatic carbocycles. The third kappa shape index (κ3) is 3.77. The van der Waals surface area contributed by atoms with Crippen molar-refractivity contribution in [3.8, 4) is 0 Å². The number of halogens is 1. The van der Waals surface area contributed by atoms with Crippen molar-refractivity contribution in [3.63, 3.8) is 0 Å². The van der Waals surface area contributed by atoms with Crippen molar-refractivity contribution in [1.29, 1.82) is 0 Å². The lowest BCUT2D eigenvalue weighted by Gasteiger charge is -2.13. The Kier molecular flexibility index (Phi) is 4.46. The number of rotatable bonds is 7. The molecule has 1 saturated carbocycles. The van der Waals surface area contributed by atoms with Crippen LogP contribution < -0.4 is 10.0 Å². The van der Waals surface area contributed by atoms with Crippen LogP contribution in [-0.4, -0.2) is 20.5 Å². The van der Waals surface area contributed by atoms with Gasteiger partial charge in [0.2, 0.25) is 10.0 Å². The van der Waals surface area contributed by atoms with Crippen molar-refractivity contribution in [2.75, 3.05) is 6.54 Å². The fourth-order valence-electron chi connectivity index (χ4n) is 1.93. The van der Waals surface area contributed by atoms with E-state index in [2.05, 4.69) is 10.0 Å². The highest BCUT2D eigenvalue weighted by atomic mass is 32.2. The molecule has 0 radical (unpaired) electrons. The zero-order chi connectivity index (χ0) is 14.8. The fourth-order valence-corrected chi connectivity index (χ4v) is 3.44. The summed E-state index contributed by atoms with van der Waals surface area (Å²) in [5.74, 6) is -0.384. The summed E-state index contributed by atoms with van der Waals surface area (Å²) in [4.78, 5) is 0.125. The summed E-state index contributed by atoms with van der Waals surface area (Å²) >= 11 is 0. The van der Waals surface area contributed by atoms with E-state index in [1.807, 2.05) is 13.8 Å². The van der Waals surface area contributed by atoms with Gasteiger partial charge in [-0.1, -0.05) is 6.92 Å². The summed E-state index contributed by atoms with van der Waals surface area (Å²) in [5.41, 5.74) is 0.0516. The number of sulfonamides is 1. The van der Waals surface area contributed by atoms with Gasteiger partial charge in [-0.25, -0.2) is 17.5 Å². The summed E-state index contributed by atoms with van der Waals surface area (Å²) in [6, 6.07) is 3.94. The van der Waals surface area contributed by atoms with Crippen LogP contribution in [0.3, 0.4) is 0 Å². The van der Waals surface area contributed by atoms with E-state index in [9.17, 15) is 12.8 Å². The predicted molar refractivity (Wildman–Crippen MR) is 76.4 cm³/mol. The molecule has 0 aliphatic heterocycles. The lowest BCUT2D eigenvalue weighted by molar-refractivity contribution is 0.555. The SMILES string of the molecule is CCCNCc1cc(S(=O)(=O)NC2(C)CC2)ccc1F. The standard InChI is InChI=1S/C14H21FN2O2S/c1-3-8-16-10-11-9-12(4-5-13(11)15)20(18,19)17-14(2)6-7-14/h4-5,9,16-17H,3,6-8,10H2,1-2H3. The average molecular weight is 300 g/mol. The highest BCUT2D eigenvalue weighted by Gasteiger charge is 2.41. The van der Waals surface area contributed by atoms with Gasteiger partial charge in [-0.05, 0) is 50.9 Å². The Balaban J connectivity index is 2.17. The molecule has 4 nitrogen and oxygen atoms in total. The van der Waals surface area contributed by atoms with Crippen molar-refractivity contribution in [1.82, 2.24) is 10.0 Å². The minimum atomic E-state index is -3.57. The second kappa shape index (κ2) is 5.79. The van der Waals surface area contributed by atoms with Crippen molar-refractivity contribution in [2.45, 2.75) is 50.1 Å². The number of hydrogen-bond acceptors (Lipinski definition) is 3. The molecule has 20 heavy (non-hydrogen) atoms. The van der Waals surface area contributed by atoms with Crippen LogP contribution in [0.1, 0.15) is 38.7 Å². The Hall–Kier alpha value is -0.980. The minimum absolute atomic E-state index is 0.125. The maximum Gasteiger partial charge on any atom is 0.241 e. The quantitative estimate of drug-likeness (QED) is 0.759. The van der Waals surface area contributed by atoms with E-state index in [0.717, 1.165) is 25.8 Å². The van der Waals surface area contributed by atoms with Gasteiger partial charge < -0.3 is 5.32 Å². The first-order valence-corrected chi connectivity index (χ1v) is 8.38. The number of hydrogen-bond donors (Lipinski definition) is 2. The second-order valence-electron chi connectivity index (χ2n) is 5.60. The predicted octanol–water partition coefficient (Wildman–Crippen LogP) is 2.16. The summed E-state index contributed by atoms with van der Waals surface area (Å²) < 4.78 is 40.8. The third-order valence-corrected chi connectivity index (χ3v) is 5.09. The van der Waals surface area contributed by atoms with Crippen LogP contribution in [0.25, 0.3) is 0 Å². The Labute approximate surface area is 119 Å². The monoisotopic (exact) mass is 300 g/mol. The van der Waals surface area contributed by atoms with Gasteiger partial charge >= 0.3 is 0 Å². The lowest BCUT2D eigenvalue weighted by Crippen LogP contribution is -2.34. The van der Waals surface area contributed by atoms with Crippen LogP contribution in [0.15, 0.2) is 23.1 Å². The Morgan fingerprint density at radius 1 is 1.35 bits per heavy atom. The van der Waals surface area contributed by atoms with Crippen LogP contribution in [0.4, 0.5) is 4.39 Å². The molecule has 1 aliphatic carbocycles. The van der Waals surface area contributed by atoms with Gasteiger partial charge in [-0.15, -0.1) is 0 Å². The lowest BCUT2D eigenvalue weighted by atomic mass is 10.2. The molecule has 1 aromatic rings. The fraction of sp³-hybridized carbons (Fsp3) is 0.571. The molecule has 0 atom stereocenters. The van der Waals surface area contributed by atoms with Crippen LogP contribution in [0, 0.1) is 5.82 Å². The van der Waals surface area contributed by atoms with Crippen molar-refractivity contribution >= 4 is 10.0 Å². The van der Waals surface area contributed by atoms with E-state index in [1.165, 1.54) is 18.2 Å². The van der Waals surface area contributed by atoms with Crippen LogP contribution in [0.2, 0.25) is 0 Å². The smallest absolute Gasteiger partial charge is 0.241 e. The molecular weight excluding hydrogens is 279 g/mol. The molecule has 0 heterocycles. The molecule has 0 aromatic heterocycles. The molecule has 1 fully saturated rings. The van der Waals surface area contributed by atoms with E-state index in [0.29, 0.717) is 12.1 Å². The van der Waals surface area contributed by atoms with Gasteiger partial charge in [0.25, 0.3) is 0 Å². The van der Waals surface area contributed by atoms with E-state index in [1.54, 1.807) is 0 Å². The van der Waals surface area contributed by atoms with Crippen LogP contribution >= 0.6 is 0 Å². The highest BCUT2D eigenvalue weighted by Crippen LogP contribution is 2.36. The van der Waals surface area contributed by atoms with Gasteiger partial charge in [0.1, 0.15) is 5.82 Å². The second-order valence-corrected chi connectivity index (χ2v) is 7.28. The van der Waals surface area contributed by atoms with Crippen LogP contribution in [-0.2, 0) is 16.6 Å². The molecule has 112 valence electrons. The summed E-state index contributed by atoms with van der Waals surface area (Å²) in [6.45, 7) is 5.00. The maximum atomic E-state index is 13.7. The average Bonchev–Trinajstić information content (AvgIpc) is 3.08. The maximum absolute atomic E-state index is 13.7. The van der Waals surface area contributed by atoms with E-state index in [-0.39, 0.29) is 16.3 Å². The van der Waals surface area contributed by atoms with Crippen molar-refractivity contribution in [3.05, 3.63) is 29.6 Å². The third-order valence-electron chi connectivity index (χ3n) is 3.45. The molecule has 0 amide bonds. The van der Waals surface area contributed by atoms with Gasteiger partial charge in [0.05, 0.1) is 4.90 Å². The zero-order valence-electron chi connectivity index (χ0n) is 11.9.